The van der Waals surface area contributed by atoms with E-state index in [0.717, 1.165) is 10.3 Å². The van der Waals surface area contributed by atoms with Crippen molar-refractivity contribution >= 4 is 22.0 Å². The Bertz CT molecular complexity index is 534. The summed E-state index contributed by atoms with van der Waals surface area (Å²) in [5.74, 6) is 0. The molecule has 1 aliphatic heterocycles. The molecule has 1 aliphatic rings. The number of nitrogens with one attached hydrogen (secondary N) is 1. The van der Waals surface area contributed by atoms with Gasteiger partial charge in [-0.05, 0) is 48.8 Å². The lowest BCUT2D eigenvalue weighted by atomic mass is 10.2. The van der Waals surface area contributed by atoms with Gasteiger partial charge in [-0.15, -0.1) is 0 Å². The zero-order valence-corrected chi connectivity index (χ0v) is 15.4. The Kier molecular flexibility index (Phi) is 6.38. The highest BCUT2D eigenvalue weighted by Gasteiger charge is 2.30. The minimum absolute atomic E-state index is 0.0363. The number of halogens is 1. The maximum absolute atomic E-state index is 12.3. The topological polar surface area (TPSA) is 63.7 Å². The van der Waals surface area contributed by atoms with Crippen molar-refractivity contribution < 1.29 is 14.3 Å². The van der Waals surface area contributed by atoms with Gasteiger partial charge in [-0.25, -0.2) is 9.78 Å². The van der Waals surface area contributed by atoms with Crippen LogP contribution in [0.3, 0.4) is 0 Å². The van der Waals surface area contributed by atoms with Gasteiger partial charge >= 0.3 is 6.09 Å². The molecule has 0 radical (unpaired) electrons. The van der Waals surface area contributed by atoms with Crippen molar-refractivity contribution in [2.24, 2.45) is 0 Å². The van der Waals surface area contributed by atoms with Crippen LogP contribution in [-0.2, 0) is 16.0 Å². The molecule has 2 heterocycles. The number of amides is 1. The van der Waals surface area contributed by atoms with Crippen molar-refractivity contribution in [1.82, 2.24) is 15.2 Å². The van der Waals surface area contributed by atoms with Gasteiger partial charge < -0.3 is 14.8 Å². The van der Waals surface area contributed by atoms with Crippen LogP contribution in [0, 0.1) is 0 Å². The second kappa shape index (κ2) is 8.08. The highest BCUT2D eigenvalue weighted by Crippen LogP contribution is 2.14. The Morgan fingerprint density at radius 3 is 3.00 bits per heavy atom. The van der Waals surface area contributed by atoms with E-state index in [-0.39, 0.29) is 12.1 Å². The Morgan fingerprint density at radius 2 is 2.30 bits per heavy atom. The van der Waals surface area contributed by atoms with Gasteiger partial charge in [0.15, 0.2) is 0 Å². The molecule has 1 atom stereocenters. The van der Waals surface area contributed by atoms with E-state index in [1.807, 2.05) is 39.0 Å². The number of ether oxygens (including phenoxy) is 2. The second-order valence-electron chi connectivity index (χ2n) is 6.49. The van der Waals surface area contributed by atoms with Crippen LogP contribution in [0.4, 0.5) is 4.79 Å². The summed E-state index contributed by atoms with van der Waals surface area (Å²) in [6.45, 7) is 8.50. The van der Waals surface area contributed by atoms with Gasteiger partial charge in [-0.2, -0.15) is 0 Å². The van der Waals surface area contributed by atoms with Crippen LogP contribution < -0.4 is 5.32 Å². The van der Waals surface area contributed by atoms with E-state index in [1.165, 1.54) is 0 Å². The molecule has 7 heteroatoms. The first kappa shape index (κ1) is 18.2. The summed E-state index contributed by atoms with van der Waals surface area (Å²) in [7, 11) is 0. The average molecular weight is 386 g/mol. The molecule has 2 rings (SSSR count). The molecule has 1 fully saturated rings. The summed E-state index contributed by atoms with van der Waals surface area (Å²) in [5.41, 5.74) is 0.452. The van der Waals surface area contributed by atoms with E-state index in [0.29, 0.717) is 32.8 Å². The molecule has 0 spiro atoms. The van der Waals surface area contributed by atoms with Crippen molar-refractivity contribution in [3.63, 3.8) is 0 Å². The third-order valence-corrected chi connectivity index (χ3v) is 3.76. The Hall–Kier alpha value is -1.18. The summed E-state index contributed by atoms with van der Waals surface area (Å²) < 4.78 is 11.8. The summed E-state index contributed by atoms with van der Waals surface area (Å²) in [6, 6.07) is 5.76. The van der Waals surface area contributed by atoms with Gasteiger partial charge in [0.1, 0.15) is 10.2 Å². The Balaban J connectivity index is 1.87. The number of carbonyl (C=O) groups excluding carboxylic acids is 1. The number of hydrogen-bond donors (Lipinski definition) is 1. The SMILES string of the molecule is CC(C)(C)OC(=O)N1CCOCC1CNCc1cccc(Br)n1. The Labute approximate surface area is 145 Å². The van der Waals surface area contributed by atoms with Gasteiger partial charge in [0.25, 0.3) is 0 Å². The van der Waals surface area contributed by atoms with Crippen molar-refractivity contribution in [2.75, 3.05) is 26.3 Å². The highest BCUT2D eigenvalue weighted by atomic mass is 79.9. The number of nitrogens with zero attached hydrogens (tertiary/aromatic N) is 2. The molecule has 0 saturated carbocycles. The van der Waals surface area contributed by atoms with Crippen LogP contribution in [-0.4, -0.2) is 53.9 Å². The lowest BCUT2D eigenvalue weighted by Gasteiger charge is -2.36. The molecule has 23 heavy (non-hydrogen) atoms. The quantitative estimate of drug-likeness (QED) is 0.806. The van der Waals surface area contributed by atoms with Gasteiger partial charge in [-0.3, -0.25) is 4.90 Å². The molecule has 0 bridgehead atoms. The molecule has 1 unspecified atom stereocenters. The third-order valence-electron chi connectivity index (χ3n) is 3.31. The first-order chi connectivity index (χ1) is 10.8. The van der Waals surface area contributed by atoms with Crippen molar-refractivity contribution in [2.45, 2.75) is 39.0 Å². The molecule has 0 aromatic carbocycles. The van der Waals surface area contributed by atoms with Crippen LogP contribution >= 0.6 is 15.9 Å². The molecular weight excluding hydrogens is 362 g/mol. The number of hydrogen-bond acceptors (Lipinski definition) is 5. The monoisotopic (exact) mass is 385 g/mol. The molecule has 6 nitrogen and oxygen atoms in total. The van der Waals surface area contributed by atoms with Crippen molar-refractivity contribution in [3.8, 4) is 0 Å². The summed E-state index contributed by atoms with van der Waals surface area (Å²) >= 11 is 3.36. The van der Waals surface area contributed by atoms with E-state index in [4.69, 9.17) is 9.47 Å². The lowest BCUT2D eigenvalue weighted by Crippen LogP contribution is -2.54. The molecule has 1 aromatic heterocycles. The molecule has 1 amide bonds. The largest absolute Gasteiger partial charge is 0.444 e. The maximum Gasteiger partial charge on any atom is 0.410 e. The highest BCUT2D eigenvalue weighted by molar-refractivity contribution is 9.10. The van der Waals surface area contributed by atoms with Crippen LogP contribution in [0.1, 0.15) is 26.5 Å². The number of morpholine rings is 1. The molecule has 1 N–H and O–H groups in total. The number of pyridine rings is 1. The first-order valence-corrected chi connectivity index (χ1v) is 8.54. The molecule has 128 valence electrons. The molecule has 1 saturated heterocycles. The summed E-state index contributed by atoms with van der Waals surface area (Å²) in [6.07, 6.45) is -0.284. The minimum atomic E-state index is -0.492. The molecule has 0 aliphatic carbocycles. The van der Waals surface area contributed by atoms with Crippen LogP contribution in [0.15, 0.2) is 22.8 Å². The van der Waals surface area contributed by atoms with Crippen LogP contribution in [0.25, 0.3) is 0 Å². The van der Waals surface area contributed by atoms with E-state index in [2.05, 4.69) is 26.2 Å². The van der Waals surface area contributed by atoms with Gasteiger partial charge in [0.05, 0.1) is 24.9 Å². The average Bonchev–Trinajstić information content (AvgIpc) is 2.46. The molecule has 1 aromatic rings. The summed E-state index contributed by atoms with van der Waals surface area (Å²) in [4.78, 5) is 18.4. The number of carbonyl (C=O) groups is 1. The fourth-order valence-corrected chi connectivity index (χ4v) is 2.68. The number of aromatic nitrogens is 1. The summed E-state index contributed by atoms with van der Waals surface area (Å²) in [5, 5.41) is 3.33. The minimum Gasteiger partial charge on any atom is -0.444 e. The zero-order valence-electron chi connectivity index (χ0n) is 13.8. The first-order valence-electron chi connectivity index (χ1n) is 7.75. The predicted octanol–water partition coefficient (Wildman–Crippen LogP) is 2.57. The van der Waals surface area contributed by atoms with Crippen molar-refractivity contribution in [3.05, 3.63) is 28.5 Å². The van der Waals surface area contributed by atoms with Crippen LogP contribution in [0.2, 0.25) is 0 Å². The standard InChI is InChI=1S/C16H24BrN3O3/c1-16(2,3)23-15(21)20-7-8-22-11-13(20)10-18-9-12-5-4-6-14(17)19-12/h4-6,13,18H,7-11H2,1-3H3. The smallest absolute Gasteiger partial charge is 0.410 e. The van der Waals surface area contributed by atoms with Crippen molar-refractivity contribution in [1.29, 1.82) is 0 Å². The van der Waals surface area contributed by atoms with Crippen LogP contribution in [0.5, 0.6) is 0 Å². The fourth-order valence-electron chi connectivity index (χ4n) is 2.30. The predicted molar refractivity (Wildman–Crippen MR) is 91.2 cm³/mol. The van der Waals surface area contributed by atoms with Gasteiger partial charge in [0, 0.05) is 19.6 Å². The Morgan fingerprint density at radius 1 is 1.52 bits per heavy atom. The van der Waals surface area contributed by atoms with E-state index in [9.17, 15) is 4.79 Å². The third kappa shape index (κ3) is 6.08. The number of rotatable bonds is 4. The molecular formula is C16H24BrN3O3. The van der Waals surface area contributed by atoms with Gasteiger partial charge in [-0.1, -0.05) is 6.07 Å². The fraction of sp³-hybridized carbons (Fsp3) is 0.625. The maximum atomic E-state index is 12.3. The van der Waals surface area contributed by atoms with E-state index < -0.39 is 5.60 Å². The normalized spacial score (nSPS) is 18.8. The second-order valence-corrected chi connectivity index (χ2v) is 7.30. The van der Waals surface area contributed by atoms with E-state index >= 15 is 0 Å². The zero-order chi connectivity index (χ0) is 16.9. The van der Waals surface area contributed by atoms with E-state index in [1.54, 1.807) is 4.90 Å². The van der Waals surface area contributed by atoms with Gasteiger partial charge in [0.2, 0.25) is 0 Å². The lowest BCUT2D eigenvalue weighted by molar-refractivity contribution is -0.0317.